The highest BCUT2D eigenvalue weighted by molar-refractivity contribution is 7.91. The van der Waals surface area contributed by atoms with E-state index in [-0.39, 0.29) is 24.9 Å². The van der Waals surface area contributed by atoms with E-state index in [4.69, 9.17) is 19.4 Å². The Bertz CT molecular complexity index is 2020. The third-order valence-corrected chi connectivity index (χ3v) is 14.4. The van der Waals surface area contributed by atoms with Crippen LogP contribution in [0.1, 0.15) is 97.3 Å². The summed E-state index contributed by atoms with van der Waals surface area (Å²) < 4.78 is 40.5. The highest BCUT2D eigenvalue weighted by Crippen LogP contribution is 2.50. The lowest BCUT2D eigenvalue weighted by molar-refractivity contribution is -0.131. The van der Waals surface area contributed by atoms with Gasteiger partial charge in [-0.05, 0) is 64.0 Å². The number of ether oxygens (including phenoxy) is 2. The van der Waals surface area contributed by atoms with Gasteiger partial charge in [0.1, 0.15) is 34.9 Å². The average molecular weight is 783 g/mol. The molecule has 292 valence electrons. The number of carboxylic acid groups (broad SMARTS) is 1. The van der Waals surface area contributed by atoms with Gasteiger partial charge in [-0.2, -0.15) is 0 Å². The highest BCUT2D eigenvalue weighted by Gasteiger charge is 2.64. The van der Waals surface area contributed by atoms with Gasteiger partial charge in [0.05, 0.1) is 29.6 Å². The lowest BCUT2D eigenvalue weighted by atomic mass is 10.0. The molecule has 4 N–H and O–H groups in total. The Morgan fingerprint density at radius 1 is 1.04 bits per heavy atom. The minimum absolute atomic E-state index is 0.0242. The summed E-state index contributed by atoms with van der Waals surface area (Å²) in [7, 11) is -2.40. The quantitative estimate of drug-likeness (QED) is 0.208. The average Bonchev–Trinajstić information content (AvgIpc) is 3.95. The van der Waals surface area contributed by atoms with Crippen molar-refractivity contribution in [2.45, 2.75) is 126 Å². The molecule has 4 aliphatic rings. The molecule has 2 aliphatic heterocycles. The van der Waals surface area contributed by atoms with Gasteiger partial charge in [0.2, 0.25) is 15.9 Å². The van der Waals surface area contributed by atoms with E-state index >= 15 is 0 Å². The zero-order valence-electron chi connectivity index (χ0n) is 31.1. The first-order valence-corrected chi connectivity index (χ1v) is 21.5. The number of fused-ring (bicyclic) bond motifs is 2. The number of nitrogens with zero attached hydrogens (tertiary/aromatic N) is 3. The molecule has 7 rings (SSSR count). The molecule has 0 radical (unpaired) electrons. The molecule has 14 nitrogen and oxygen atoms in total. The molecule has 0 bridgehead atoms. The van der Waals surface area contributed by atoms with E-state index < -0.39 is 50.4 Å². The summed E-state index contributed by atoms with van der Waals surface area (Å²) in [4.78, 5) is 51.1. The molecule has 54 heavy (non-hydrogen) atoms. The van der Waals surface area contributed by atoms with Crippen molar-refractivity contribution in [2.75, 3.05) is 19.0 Å². The number of carbonyl (C=O) groups is 3. The first-order valence-electron chi connectivity index (χ1n) is 19.1. The smallest absolute Gasteiger partial charge is 0.408 e. The van der Waals surface area contributed by atoms with Gasteiger partial charge in [-0.25, -0.2) is 23.2 Å². The number of nitrogens with one attached hydrogen (secondary N) is 3. The minimum atomic E-state index is -3.97. The van der Waals surface area contributed by atoms with Crippen LogP contribution in [0.5, 0.6) is 11.5 Å². The van der Waals surface area contributed by atoms with Crippen LogP contribution in [-0.4, -0.2) is 88.4 Å². The summed E-state index contributed by atoms with van der Waals surface area (Å²) >= 11 is 1.45. The second kappa shape index (κ2) is 15.2. The number of carbonyl (C=O) groups excluding carboxylic acids is 2. The molecule has 2 saturated heterocycles. The van der Waals surface area contributed by atoms with Gasteiger partial charge in [-0.1, -0.05) is 44.9 Å². The van der Waals surface area contributed by atoms with Crippen LogP contribution < -0.4 is 24.8 Å². The minimum Gasteiger partial charge on any atom is -0.497 e. The lowest BCUT2D eigenvalue weighted by Gasteiger charge is -2.26. The predicted octanol–water partition coefficient (Wildman–Crippen LogP) is 6.06. The summed E-state index contributed by atoms with van der Waals surface area (Å²) in [5.41, 5.74) is 0.361. The van der Waals surface area contributed by atoms with Gasteiger partial charge in [0.25, 0.3) is 5.91 Å². The van der Waals surface area contributed by atoms with Crippen LogP contribution in [-0.2, 0) is 19.6 Å². The van der Waals surface area contributed by atoms with Crippen LogP contribution in [0, 0.1) is 5.92 Å². The molecule has 16 heteroatoms. The molecule has 4 heterocycles. The van der Waals surface area contributed by atoms with E-state index in [1.165, 1.54) is 11.3 Å². The SMILES string of the molecule is COc1ccc2c(O[C@@H]3C[C@@H](C(=O)N[C@]45C[C@@H]4CCCCCCCCCC4(CC4)S(=O)(=O)NC5=O)N(C(=O)O)C3)cc(-c3csc(NC(C)C)n3)nc2c1. The monoisotopic (exact) mass is 782 g/mol. The number of anilines is 1. The van der Waals surface area contributed by atoms with Gasteiger partial charge in [-0.3, -0.25) is 19.2 Å². The first-order chi connectivity index (χ1) is 25.8. The zero-order valence-corrected chi connectivity index (χ0v) is 32.7. The Morgan fingerprint density at radius 3 is 2.48 bits per heavy atom. The van der Waals surface area contributed by atoms with Crippen LogP contribution in [0.2, 0.25) is 0 Å². The third kappa shape index (κ3) is 7.81. The number of aromatic nitrogens is 2. The summed E-state index contributed by atoms with van der Waals surface area (Å²) in [6, 6.07) is 6.20. The molecule has 4 fully saturated rings. The van der Waals surface area contributed by atoms with Crippen molar-refractivity contribution in [3.8, 4) is 22.9 Å². The number of hydrogen-bond acceptors (Lipinski definition) is 11. The third-order valence-electron chi connectivity index (χ3n) is 11.4. The lowest BCUT2D eigenvalue weighted by Crippen LogP contribution is -2.57. The fourth-order valence-electron chi connectivity index (χ4n) is 8.06. The Morgan fingerprint density at radius 2 is 1.78 bits per heavy atom. The van der Waals surface area contributed by atoms with Gasteiger partial charge >= 0.3 is 6.09 Å². The van der Waals surface area contributed by atoms with Crippen molar-refractivity contribution >= 4 is 55.3 Å². The first kappa shape index (κ1) is 38.1. The number of likely N-dealkylation sites (tertiary alicyclic amines) is 1. The number of pyridine rings is 1. The number of benzene rings is 1. The summed E-state index contributed by atoms with van der Waals surface area (Å²) in [6.07, 6.45) is 7.35. The molecule has 1 aromatic carbocycles. The van der Waals surface area contributed by atoms with E-state index in [1.54, 1.807) is 25.3 Å². The van der Waals surface area contributed by atoms with Gasteiger partial charge in [0.15, 0.2) is 5.13 Å². The number of rotatable bonds is 8. The molecular formula is C38H50N6O8S2. The van der Waals surface area contributed by atoms with Crippen molar-refractivity contribution in [3.63, 3.8) is 0 Å². The molecule has 0 unspecified atom stereocenters. The summed E-state index contributed by atoms with van der Waals surface area (Å²) in [6.45, 7) is 3.96. The van der Waals surface area contributed by atoms with Crippen molar-refractivity contribution in [1.29, 1.82) is 0 Å². The molecule has 4 atom stereocenters. The molecule has 2 aliphatic carbocycles. The van der Waals surface area contributed by atoms with Crippen molar-refractivity contribution in [2.24, 2.45) is 5.92 Å². The van der Waals surface area contributed by atoms with Gasteiger partial charge in [0, 0.05) is 35.4 Å². The maximum atomic E-state index is 14.1. The Balaban J connectivity index is 1.12. The van der Waals surface area contributed by atoms with E-state index in [2.05, 4.69) is 15.4 Å². The maximum Gasteiger partial charge on any atom is 0.408 e. The normalized spacial score (nSPS) is 26.6. The predicted molar refractivity (Wildman–Crippen MR) is 205 cm³/mol. The Kier molecular flexibility index (Phi) is 10.7. The number of methoxy groups -OCH3 is 1. The zero-order chi connectivity index (χ0) is 38.3. The number of sulfonamides is 1. The van der Waals surface area contributed by atoms with Crippen LogP contribution in [0.4, 0.5) is 9.93 Å². The summed E-state index contributed by atoms with van der Waals surface area (Å²) in [5.74, 6) is -0.570. The van der Waals surface area contributed by atoms with Crippen LogP contribution >= 0.6 is 11.3 Å². The second-order valence-electron chi connectivity index (χ2n) is 15.6. The van der Waals surface area contributed by atoms with Gasteiger partial charge < -0.3 is 25.2 Å². The fourth-order valence-corrected chi connectivity index (χ4v) is 10.6. The van der Waals surface area contributed by atoms with E-state index in [0.717, 1.165) is 55.0 Å². The van der Waals surface area contributed by atoms with Crippen molar-refractivity contribution < 1.29 is 37.4 Å². The van der Waals surface area contributed by atoms with Gasteiger partial charge in [-0.15, -0.1) is 11.3 Å². The Labute approximate surface area is 319 Å². The number of amides is 3. The molecule has 1 spiro atoms. The molecule has 2 saturated carbocycles. The van der Waals surface area contributed by atoms with Crippen molar-refractivity contribution in [3.05, 3.63) is 29.6 Å². The molecule has 3 amide bonds. The van der Waals surface area contributed by atoms with Crippen LogP contribution in [0.3, 0.4) is 0 Å². The van der Waals surface area contributed by atoms with E-state index in [9.17, 15) is 27.9 Å². The number of hydrogen-bond donors (Lipinski definition) is 4. The standard InChI is InChI=1S/C38H50N6O8S2/c1-23(2)39-35-41-30(22-53-35)29-19-32(27-13-12-25(51-3)17-28(27)40-29)52-26-18-31(44(21-26)36(47)48)33(45)42-38-20-24(38)11-9-7-5-4-6-8-10-14-37(15-16-37)54(49,50)43-34(38)46/h12-13,17,19,22-24,26,31H,4-11,14-16,18,20-21H2,1-3H3,(H,39,41)(H,42,45)(H,43,46)(H,47,48)/t24-,26+,31-,38+/m0/s1. The molecular weight excluding hydrogens is 733 g/mol. The Hall–Kier alpha value is -4.18. The molecule has 2 aromatic heterocycles. The summed E-state index contributed by atoms with van der Waals surface area (Å²) in [5, 5.41) is 19.7. The highest BCUT2D eigenvalue weighted by atomic mass is 32.2. The van der Waals surface area contributed by atoms with E-state index in [1.807, 2.05) is 25.3 Å². The molecule has 3 aromatic rings. The van der Waals surface area contributed by atoms with Crippen LogP contribution in [0.15, 0.2) is 29.6 Å². The second-order valence-corrected chi connectivity index (χ2v) is 18.6. The topological polar surface area (TPSA) is 189 Å². The van der Waals surface area contributed by atoms with E-state index in [0.29, 0.717) is 65.9 Å². The van der Waals surface area contributed by atoms with Crippen LogP contribution in [0.25, 0.3) is 22.3 Å². The van der Waals surface area contributed by atoms with Crippen molar-refractivity contribution in [1.82, 2.24) is 24.9 Å². The largest absolute Gasteiger partial charge is 0.497 e. The number of thiazole rings is 1. The maximum absolute atomic E-state index is 14.1. The fraction of sp³-hybridized carbons (Fsp3) is 0.605.